The van der Waals surface area contributed by atoms with Crippen LogP contribution in [0.5, 0.6) is 0 Å². The topological polar surface area (TPSA) is 62.7 Å². The lowest BCUT2D eigenvalue weighted by atomic mass is 9.78. The summed E-state index contributed by atoms with van der Waals surface area (Å²) < 4.78 is 6.16. The van der Waals surface area contributed by atoms with E-state index in [9.17, 15) is 9.59 Å². The van der Waals surface area contributed by atoms with Gasteiger partial charge >= 0.3 is 0 Å². The summed E-state index contributed by atoms with van der Waals surface area (Å²) in [6, 6.07) is 1.87. The summed E-state index contributed by atoms with van der Waals surface area (Å²) in [5.74, 6) is 0.619. The molecule has 2 amide bonds. The number of piperidine rings is 1. The maximum absolute atomic E-state index is 12.8. The third-order valence-corrected chi connectivity index (χ3v) is 5.79. The molecule has 3 rings (SSSR count). The van der Waals surface area contributed by atoms with Crippen molar-refractivity contribution in [2.24, 2.45) is 5.92 Å². The van der Waals surface area contributed by atoms with Crippen molar-refractivity contribution in [2.45, 2.75) is 44.6 Å². The lowest BCUT2D eigenvalue weighted by molar-refractivity contribution is -0.139. The van der Waals surface area contributed by atoms with Crippen LogP contribution in [0.3, 0.4) is 0 Å². The van der Waals surface area contributed by atoms with E-state index in [2.05, 4.69) is 4.98 Å². The molecule has 2 aliphatic rings. The maximum atomic E-state index is 12.8. The Morgan fingerprint density at radius 1 is 1.35 bits per heavy atom. The van der Waals surface area contributed by atoms with Crippen LogP contribution in [-0.4, -0.2) is 66.0 Å². The molecule has 3 heterocycles. The quantitative estimate of drug-likeness (QED) is 0.831. The van der Waals surface area contributed by atoms with E-state index in [1.54, 1.807) is 17.3 Å². The Hall–Kier alpha value is -1.95. The molecule has 2 aliphatic heterocycles. The molecule has 0 saturated carbocycles. The number of amides is 2. The van der Waals surface area contributed by atoms with E-state index >= 15 is 0 Å². The van der Waals surface area contributed by atoms with E-state index in [1.807, 2.05) is 32.0 Å². The largest absolute Gasteiger partial charge is 0.375 e. The molecule has 1 aromatic heterocycles. The molecule has 0 aromatic carbocycles. The van der Waals surface area contributed by atoms with Gasteiger partial charge in [0.2, 0.25) is 5.91 Å². The number of aryl methyl sites for hydroxylation is 1. The highest BCUT2D eigenvalue weighted by Gasteiger charge is 2.41. The number of ether oxygens (including phenoxy) is 1. The lowest BCUT2D eigenvalue weighted by Gasteiger charge is -2.46. The number of pyridine rings is 1. The van der Waals surface area contributed by atoms with Gasteiger partial charge < -0.3 is 14.5 Å². The first-order chi connectivity index (χ1) is 12.4. The second-order valence-electron chi connectivity index (χ2n) is 7.87. The first-order valence-electron chi connectivity index (χ1n) is 9.44. The monoisotopic (exact) mass is 359 g/mol. The van der Waals surface area contributed by atoms with E-state index in [-0.39, 0.29) is 17.4 Å². The molecule has 1 atom stereocenters. The van der Waals surface area contributed by atoms with E-state index in [0.717, 1.165) is 31.2 Å². The van der Waals surface area contributed by atoms with Crippen molar-refractivity contribution in [2.75, 3.05) is 33.8 Å². The van der Waals surface area contributed by atoms with Gasteiger partial charge in [-0.1, -0.05) is 0 Å². The summed E-state index contributed by atoms with van der Waals surface area (Å²) in [6.07, 6.45) is 7.49. The fourth-order valence-corrected chi connectivity index (χ4v) is 4.06. The maximum Gasteiger partial charge on any atom is 0.255 e. The number of hydrogen-bond acceptors (Lipinski definition) is 4. The summed E-state index contributed by atoms with van der Waals surface area (Å²) >= 11 is 0. The molecule has 2 saturated heterocycles. The predicted octanol–water partition coefficient (Wildman–Crippen LogP) is 2.27. The molecule has 1 spiro atoms. The Morgan fingerprint density at radius 3 is 2.73 bits per heavy atom. The summed E-state index contributed by atoms with van der Waals surface area (Å²) in [5.41, 5.74) is 1.47. The minimum Gasteiger partial charge on any atom is -0.375 e. The van der Waals surface area contributed by atoms with Crippen LogP contribution in [0.15, 0.2) is 18.5 Å². The number of carbonyl (C=O) groups is 2. The van der Waals surface area contributed by atoms with Gasteiger partial charge in [-0.15, -0.1) is 0 Å². The van der Waals surface area contributed by atoms with E-state index < -0.39 is 0 Å². The van der Waals surface area contributed by atoms with Gasteiger partial charge in [0, 0.05) is 52.6 Å². The molecule has 0 N–H and O–H groups in total. The number of nitrogens with zero attached hydrogens (tertiary/aromatic N) is 3. The molecular formula is C20H29N3O3. The zero-order valence-electron chi connectivity index (χ0n) is 16.0. The molecule has 2 fully saturated rings. The molecular weight excluding hydrogens is 330 g/mol. The summed E-state index contributed by atoms with van der Waals surface area (Å²) in [5, 5.41) is 0. The van der Waals surface area contributed by atoms with Gasteiger partial charge in [0.1, 0.15) is 0 Å². The fraction of sp³-hybridized carbons (Fsp3) is 0.650. The summed E-state index contributed by atoms with van der Waals surface area (Å²) in [6.45, 7) is 4.04. The van der Waals surface area contributed by atoms with Gasteiger partial charge in [-0.05, 0) is 50.2 Å². The van der Waals surface area contributed by atoms with Crippen molar-refractivity contribution >= 4 is 11.8 Å². The molecule has 0 bridgehead atoms. The van der Waals surface area contributed by atoms with Crippen LogP contribution in [-0.2, 0) is 9.53 Å². The minimum absolute atomic E-state index is 0.0561. The van der Waals surface area contributed by atoms with Gasteiger partial charge in [-0.2, -0.15) is 0 Å². The fourth-order valence-electron chi connectivity index (χ4n) is 4.06. The Balaban J connectivity index is 1.59. The molecule has 6 nitrogen and oxygen atoms in total. The van der Waals surface area contributed by atoms with Crippen molar-refractivity contribution < 1.29 is 14.3 Å². The van der Waals surface area contributed by atoms with Gasteiger partial charge in [0.05, 0.1) is 11.2 Å². The average molecular weight is 359 g/mol. The third-order valence-electron chi connectivity index (χ3n) is 5.79. The van der Waals surface area contributed by atoms with Crippen molar-refractivity contribution in [1.29, 1.82) is 0 Å². The number of rotatable bonds is 3. The van der Waals surface area contributed by atoms with Crippen molar-refractivity contribution in [3.8, 4) is 0 Å². The SMILES string of the molecule is Cc1ccncc1C(=O)N1CCC2(CC1)CC(CC(=O)N(C)C)CCO2. The first-order valence-corrected chi connectivity index (χ1v) is 9.44. The number of carbonyl (C=O) groups excluding carboxylic acids is 2. The molecule has 26 heavy (non-hydrogen) atoms. The van der Waals surface area contributed by atoms with Crippen LogP contribution in [0.2, 0.25) is 0 Å². The van der Waals surface area contributed by atoms with Crippen molar-refractivity contribution in [1.82, 2.24) is 14.8 Å². The highest BCUT2D eigenvalue weighted by molar-refractivity contribution is 5.95. The standard InChI is InChI=1S/C20H29N3O3/c1-15-4-8-21-14-17(15)19(25)23-9-6-20(7-10-23)13-16(5-11-26-20)12-18(24)22(2)3/h4,8,14,16H,5-7,9-13H2,1-3H3. The van der Waals surface area contributed by atoms with Gasteiger partial charge in [0.15, 0.2) is 0 Å². The number of likely N-dealkylation sites (tertiary alicyclic amines) is 1. The zero-order chi connectivity index (χ0) is 18.7. The van der Waals surface area contributed by atoms with Gasteiger partial charge in [-0.25, -0.2) is 0 Å². The van der Waals surface area contributed by atoms with Crippen LogP contribution in [0.1, 0.15) is 48.0 Å². The van der Waals surface area contributed by atoms with Crippen LogP contribution >= 0.6 is 0 Å². The highest BCUT2D eigenvalue weighted by atomic mass is 16.5. The summed E-state index contributed by atoms with van der Waals surface area (Å²) in [7, 11) is 3.61. The average Bonchev–Trinajstić information content (AvgIpc) is 2.62. The molecule has 1 aromatic rings. The Morgan fingerprint density at radius 2 is 2.08 bits per heavy atom. The molecule has 1 unspecified atom stereocenters. The number of aromatic nitrogens is 1. The van der Waals surface area contributed by atoms with Crippen LogP contribution in [0.25, 0.3) is 0 Å². The minimum atomic E-state index is -0.170. The summed E-state index contributed by atoms with van der Waals surface area (Å²) in [4.78, 5) is 32.5. The normalized spacial score (nSPS) is 22.3. The highest BCUT2D eigenvalue weighted by Crippen LogP contribution is 2.39. The Bertz CT molecular complexity index is 666. The second kappa shape index (κ2) is 7.74. The Labute approximate surface area is 155 Å². The van der Waals surface area contributed by atoms with Crippen LogP contribution in [0, 0.1) is 12.8 Å². The van der Waals surface area contributed by atoms with Crippen LogP contribution < -0.4 is 0 Å². The van der Waals surface area contributed by atoms with Gasteiger partial charge in [0.25, 0.3) is 5.91 Å². The number of hydrogen-bond donors (Lipinski definition) is 0. The van der Waals surface area contributed by atoms with Crippen LogP contribution in [0.4, 0.5) is 0 Å². The smallest absolute Gasteiger partial charge is 0.255 e. The van der Waals surface area contributed by atoms with E-state index in [1.165, 1.54) is 0 Å². The van der Waals surface area contributed by atoms with Gasteiger partial charge in [-0.3, -0.25) is 14.6 Å². The van der Waals surface area contributed by atoms with E-state index in [4.69, 9.17) is 4.74 Å². The lowest BCUT2D eigenvalue weighted by Crippen LogP contribution is -2.51. The van der Waals surface area contributed by atoms with Crippen molar-refractivity contribution in [3.05, 3.63) is 29.6 Å². The zero-order valence-corrected chi connectivity index (χ0v) is 16.0. The second-order valence-corrected chi connectivity index (χ2v) is 7.87. The first kappa shape index (κ1) is 18.8. The Kier molecular flexibility index (Phi) is 5.61. The van der Waals surface area contributed by atoms with Crippen molar-refractivity contribution in [3.63, 3.8) is 0 Å². The molecule has 0 aliphatic carbocycles. The van der Waals surface area contributed by atoms with E-state index in [0.29, 0.717) is 37.6 Å². The molecule has 6 heteroatoms. The predicted molar refractivity (Wildman–Crippen MR) is 98.8 cm³/mol. The molecule has 142 valence electrons. The molecule has 0 radical (unpaired) electrons. The third kappa shape index (κ3) is 4.06.